The summed E-state index contributed by atoms with van der Waals surface area (Å²) in [5, 5.41) is 19.3. The minimum atomic E-state index is 0.325. The van der Waals surface area contributed by atoms with Gasteiger partial charge in [-0.3, -0.25) is 5.10 Å². The third kappa shape index (κ3) is 3.43. The van der Waals surface area contributed by atoms with Crippen molar-refractivity contribution in [1.29, 1.82) is 5.26 Å². The van der Waals surface area contributed by atoms with Crippen LogP contribution in [0.5, 0.6) is 0 Å². The number of furan rings is 1. The Morgan fingerprint density at radius 1 is 1.24 bits per heavy atom. The van der Waals surface area contributed by atoms with Crippen molar-refractivity contribution in [2.24, 2.45) is 0 Å². The summed E-state index contributed by atoms with van der Waals surface area (Å²) in [4.78, 5) is 5.13. The maximum Gasteiger partial charge on any atom is 0.203 e. The minimum Gasteiger partial charge on any atom is -0.449 e. The van der Waals surface area contributed by atoms with Crippen LogP contribution in [0.15, 0.2) is 57.2 Å². The van der Waals surface area contributed by atoms with Gasteiger partial charge in [0.25, 0.3) is 0 Å². The fourth-order valence-electron chi connectivity index (χ4n) is 1.72. The van der Waals surface area contributed by atoms with E-state index in [0.717, 1.165) is 21.5 Å². The number of nitriles is 1. The summed E-state index contributed by atoms with van der Waals surface area (Å²) in [7, 11) is 0. The molecule has 0 fully saturated rings. The fourth-order valence-corrected chi connectivity index (χ4v) is 2.41. The van der Waals surface area contributed by atoms with Crippen molar-refractivity contribution < 1.29 is 4.42 Å². The summed E-state index contributed by atoms with van der Waals surface area (Å²) >= 11 is 1.51. The second-order valence-corrected chi connectivity index (χ2v) is 5.21. The Morgan fingerprint density at radius 3 is 2.76 bits per heavy atom. The molecule has 21 heavy (non-hydrogen) atoms. The molecule has 0 radical (unpaired) electrons. The van der Waals surface area contributed by atoms with E-state index in [9.17, 15) is 0 Å². The van der Waals surface area contributed by atoms with Gasteiger partial charge in [-0.05, 0) is 36.4 Å². The molecule has 0 unspecified atom stereocenters. The van der Waals surface area contributed by atoms with Crippen molar-refractivity contribution in [2.75, 3.05) is 5.32 Å². The quantitative estimate of drug-likeness (QED) is 0.752. The van der Waals surface area contributed by atoms with Crippen LogP contribution in [-0.4, -0.2) is 15.2 Å². The molecule has 1 aromatic carbocycles. The van der Waals surface area contributed by atoms with Gasteiger partial charge in [0.2, 0.25) is 5.76 Å². The molecule has 0 atom stereocenters. The summed E-state index contributed by atoms with van der Waals surface area (Å²) in [6, 6.07) is 13.4. The van der Waals surface area contributed by atoms with Crippen molar-refractivity contribution in [3.8, 4) is 6.07 Å². The summed E-state index contributed by atoms with van der Waals surface area (Å²) in [5.74, 6) is 1.05. The number of nitrogens with zero attached hydrogens (tertiary/aromatic N) is 3. The number of anilines is 1. The third-order valence-corrected chi connectivity index (χ3v) is 3.60. The number of hydrogen-bond acceptors (Lipinski definition) is 6. The Labute approximate surface area is 125 Å². The summed E-state index contributed by atoms with van der Waals surface area (Å²) in [6.07, 6.45) is 1.48. The van der Waals surface area contributed by atoms with Crippen molar-refractivity contribution in [3.63, 3.8) is 0 Å². The van der Waals surface area contributed by atoms with Crippen LogP contribution in [0.1, 0.15) is 11.5 Å². The van der Waals surface area contributed by atoms with Crippen molar-refractivity contribution >= 4 is 17.4 Å². The molecule has 3 rings (SSSR count). The van der Waals surface area contributed by atoms with Gasteiger partial charge in [0.1, 0.15) is 18.2 Å². The van der Waals surface area contributed by atoms with Crippen LogP contribution in [0, 0.1) is 11.3 Å². The minimum absolute atomic E-state index is 0.325. The zero-order valence-electron chi connectivity index (χ0n) is 10.9. The molecular weight excluding hydrogens is 286 g/mol. The molecule has 2 aromatic heterocycles. The Morgan fingerprint density at radius 2 is 2.10 bits per heavy atom. The molecule has 0 bridgehead atoms. The Bertz CT molecular complexity index is 743. The molecule has 7 heteroatoms. The SMILES string of the molecule is N#Cc1ccc(CNc2ccc(Sc3ncn[nH]3)cc2)o1. The van der Waals surface area contributed by atoms with E-state index in [2.05, 4.69) is 20.5 Å². The molecule has 0 aliphatic rings. The molecule has 2 N–H and O–H groups in total. The number of hydrogen-bond donors (Lipinski definition) is 2. The van der Waals surface area contributed by atoms with E-state index < -0.39 is 0 Å². The standard InChI is InChI=1S/C14H11N5OS/c15-7-11-3-4-12(20-11)8-16-10-1-5-13(6-2-10)21-14-17-9-18-19-14/h1-6,9,16H,8H2,(H,17,18,19). The van der Waals surface area contributed by atoms with Gasteiger partial charge in [-0.2, -0.15) is 10.4 Å². The normalized spacial score (nSPS) is 10.2. The van der Waals surface area contributed by atoms with Crippen molar-refractivity contribution in [3.05, 3.63) is 54.2 Å². The van der Waals surface area contributed by atoms with Crippen LogP contribution < -0.4 is 5.32 Å². The molecule has 3 aromatic rings. The summed E-state index contributed by atoms with van der Waals surface area (Å²) in [6.45, 7) is 0.538. The molecule has 0 spiro atoms. The lowest BCUT2D eigenvalue weighted by atomic mass is 10.3. The van der Waals surface area contributed by atoms with Crippen molar-refractivity contribution in [1.82, 2.24) is 15.2 Å². The van der Waals surface area contributed by atoms with Gasteiger partial charge in [0.05, 0.1) is 6.54 Å². The van der Waals surface area contributed by atoms with Gasteiger partial charge in [-0.15, -0.1) is 0 Å². The molecule has 0 saturated heterocycles. The van der Waals surface area contributed by atoms with Crippen LogP contribution in [-0.2, 0) is 6.54 Å². The second-order valence-electron chi connectivity index (χ2n) is 4.15. The highest BCUT2D eigenvalue weighted by molar-refractivity contribution is 7.99. The van der Waals surface area contributed by atoms with Crippen LogP contribution in [0.25, 0.3) is 0 Å². The number of rotatable bonds is 5. The smallest absolute Gasteiger partial charge is 0.203 e. The van der Waals surface area contributed by atoms with E-state index in [1.54, 1.807) is 12.1 Å². The Hall–Kier alpha value is -2.72. The lowest BCUT2D eigenvalue weighted by molar-refractivity contribution is 0.506. The zero-order chi connectivity index (χ0) is 14.5. The van der Waals surface area contributed by atoms with Crippen LogP contribution in [0.3, 0.4) is 0 Å². The topological polar surface area (TPSA) is 90.5 Å². The first kappa shape index (κ1) is 13.3. The maximum absolute atomic E-state index is 8.69. The molecule has 2 heterocycles. The summed E-state index contributed by atoms with van der Waals surface area (Å²) < 4.78 is 5.30. The van der Waals surface area contributed by atoms with Gasteiger partial charge in [0.15, 0.2) is 5.16 Å². The van der Waals surface area contributed by atoms with Gasteiger partial charge >= 0.3 is 0 Å². The van der Waals surface area contributed by atoms with E-state index in [4.69, 9.17) is 9.68 Å². The Balaban J connectivity index is 1.58. The van der Waals surface area contributed by atoms with Gasteiger partial charge in [-0.25, -0.2) is 4.98 Å². The largest absolute Gasteiger partial charge is 0.449 e. The molecule has 6 nitrogen and oxygen atoms in total. The molecule has 104 valence electrons. The highest BCUT2D eigenvalue weighted by Crippen LogP contribution is 2.25. The highest BCUT2D eigenvalue weighted by Gasteiger charge is 2.02. The maximum atomic E-state index is 8.69. The predicted molar refractivity (Wildman–Crippen MR) is 77.7 cm³/mol. The van der Waals surface area contributed by atoms with E-state index in [1.807, 2.05) is 30.3 Å². The van der Waals surface area contributed by atoms with Gasteiger partial charge < -0.3 is 9.73 Å². The first-order valence-electron chi connectivity index (χ1n) is 6.19. The number of aromatic nitrogens is 3. The van der Waals surface area contributed by atoms with Crippen LogP contribution in [0.4, 0.5) is 5.69 Å². The van der Waals surface area contributed by atoms with Crippen molar-refractivity contribution in [2.45, 2.75) is 16.6 Å². The molecule has 0 amide bonds. The average Bonchev–Trinajstić information content (AvgIpc) is 3.18. The van der Waals surface area contributed by atoms with Gasteiger partial charge in [-0.1, -0.05) is 11.8 Å². The number of aromatic amines is 1. The monoisotopic (exact) mass is 297 g/mol. The lowest BCUT2D eigenvalue weighted by Gasteiger charge is -2.05. The second kappa shape index (κ2) is 6.15. The lowest BCUT2D eigenvalue weighted by Crippen LogP contribution is -1.97. The zero-order valence-corrected chi connectivity index (χ0v) is 11.7. The van der Waals surface area contributed by atoms with E-state index in [-0.39, 0.29) is 0 Å². The van der Waals surface area contributed by atoms with E-state index in [0.29, 0.717) is 12.3 Å². The van der Waals surface area contributed by atoms with Crippen LogP contribution in [0.2, 0.25) is 0 Å². The number of benzene rings is 1. The van der Waals surface area contributed by atoms with E-state index in [1.165, 1.54) is 18.1 Å². The predicted octanol–water partition coefficient (Wildman–Crippen LogP) is 3.03. The molecule has 0 saturated carbocycles. The first-order valence-corrected chi connectivity index (χ1v) is 7.01. The first-order chi connectivity index (χ1) is 10.3. The fraction of sp³-hybridized carbons (Fsp3) is 0.0714. The average molecular weight is 297 g/mol. The third-order valence-electron chi connectivity index (χ3n) is 2.70. The Kier molecular flexibility index (Phi) is 3.89. The summed E-state index contributed by atoms with van der Waals surface area (Å²) in [5.41, 5.74) is 0.979. The molecule has 0 aliphatic heterocycles. The van der Waals surface area contributed by atoms with E-state index >= 15 is 0 Å². The molecule has 0 aliphatic carbocycles. The number of nitrogens with one attached hydrogen (secondary N) is 2. The van der Waals surface area contributed by atoms with Gasteiger partial charge in [0, 0.05) is 10.6 Å². The van der Waals surface area contributed by atoms with Crippen LogP contribution >= 0.6 is 11.8 Å². The molecular formula is C14H11N5OS. The highest BCUT2D eigenvalue weighted by atomic mass is 32.2. The number of H-pyrrole nitrogens is 1.